The quantitative estimate of drug-likeness (QED) is 0.517. The lowest BCUT2D eigenvalue weighted by Gasteiger charge is -2.23. The summed E-state index contributed by atoms with van der Waals surface area (Å²) in [7, 11) is 0. The SMILES string of the molecule is Cc1noc([C@@H]2CCCN2C(=O)c2cc(-c3cncnc3)nc3c(C)cccc23)n1. The Balaban J connectivity index is 1.64. The largest absolute Gasteiger partial charge is 0.337 e. The molecule has 0 N–H and O–H groups in total. The Morgan fingerprint density at radius 3 is 2.77 bits per heavy atom. The van der Waals surface area contributed by atoms with Gasteiger partial charge in [0, 0.05) is 29.9 Å². The van der Waals surface area contributed by atoms with Crippen LogP contribution >= 0.6 is 0 Å². The molecule has 1 atom stereocenters. The second kappa shape index (κ2) is 7.29. The molecule has 1 amide bonds. The average Bonchev–Trinajstić information content (AvgIpc) is 3.42. The van der Waals surface area contributed by atoms with Crippen LogP contribution in [0, 0.1) is 13.8 Å². The van der Waals surface area contributed by atoms with Gasteiger partial charge >= 0.3 is 0 Å². The third-order valence-electron chi connectivity index (χ3n) is 5.47. The van der Waals surface area contributed by atoms with E-state index in [0.717, 1.165) is 34.9 Å². The first-order valence-corrected chi connectivity index (χ1v) is 9.89. The van der Waals surface area contributed by atoms with Crippen LogP contribution in [-0.4, -0.2) is 42.4 Å². The molecule has 0 spiro atoms. The molecule has 3 aromatic heterocycles. The van der Waals surface area contributed by atoms with E-state index in [-0.39, 0.29) is 11.9 Å². The van der Waals surface area contributed by atoms with E-state index in [2.05, 4.69) is 20.1 Å². The number of aromatic nitrogens is 5. The van der Waals surface area contributed by atoms with Gasteiger partial charge in [0.1, 0.15) is 12.4 Å². The number of nitrogens with zero attached hydrogens (tertiary/aromatic N) is 6. The fourth-order valence-corrected chi connectivity index (χ4v) is 4.02. The third kappa shape index (κ3) is 3.10. The summed E-state index contributed by atoms with van der Waals surface area (Å²) in [5.41, 5.74) is 3.84. The van der Waals surface area contributed by atoms with Crippen LogP contribution in [0.25, 0.3) is 22.2 Å². The van der Waals surface area contributed by atoms with Gasteiger partial charge in [-0.1, -0.05) is 23.4 Å². The van der Waals surface area contributed by atoms with Gasteiger partial charge in [0.25, 0.3) is 5.91 Å². The molecule has 5 rings (SSSR count). The molecule has 150 valence electrons. The predicted molar refractivity (Wildman–Crippen MR) is 110 cm³/mol. The number of hydrogen-bond donors (Lipinski definition) is 0. The summed E-state index contributed by atoms with van der Waals surface area (Å²) in [4.78, 5) is 32.9. The molecule has 4 heterocycles. The highest BCUT2D eigenvalue weighted by atomic mass is 16.5. The van der Waals surface area contributed by atoms with Crippen molar-refractivity contribution in [2.75, 3.05) is 6.54 Å². The number of fused-ring (bicyclic) bond motifs is 1. The van der Waals surface area contributed by atoms with Crippen molar-refractivity contribution in [2.45, 2.75) is 32.7 Å². The van der Waals surface area contributed by atoms with Crippen molar-refractivity contribution in [1.82, 2.24) is 30.0 Å². The molecule has 8 nitrogen and oxygen atoms in total. The Morgan fingerprint density at radius 1 is 1.17 bits per heavy atom. The Bertz CT molecular complexity index is 1240. The number of amides is 1. The van der Waals surface area contributed by atoms with Gasteiger partial charge in [-0.2, -0.15) is 4.98 Å². The van der Waals surface area contributed by atoms with Gasteiger partial charge in [0.2, 0.25) is 5.89 Å². The van der Waals surface area contributed by atoms with E-state index in [1.54, 1.807) is 19.3 Å². The first-order valence-electron chi connectivity index (χ1n) is 9.89. The van der Waals surface area contributed by atoms with Crippen LogP contribution in [0.4, 0.5) is 0 Å². The van der Waals surface area contributed by atoms with E-state index in [0.29, 0.717) is 29.5 Å². The van der Waals surface area contributed by atoms with Crippen molar-refractivity contribution in [3.63, 3.8) is 0 Å². The highest BCUT2D eigenvalue weighted by molar-refractivity contribution is 6.08. The van der Waals surface area contributed by atoms with Crippen molar-refractivity contribution in [2.24, 2.45) is 0 Å². The normalized spacial score (nSPS) is 16.3. The summed E-state index contributed by atoms with van der Waals surface area (Å²) < 4.78 is 5.38. The number of para-hydroxylation sites is 1. The van der Waals surface area contributed by atoms with Gasteiger partial charge in [0.05, 0.1) is 16.8 Å². The molecular formula is C22H20N6O2. The van der Waals surface area contributed by atoms with Gasteiger partial charge in [-0.15, -0.1) is 0 Å². The zero-order valence-electron chi connectivity index (χ0n) is 16.7. The molecule has 0 saturated carbocycles. The molecule has 0 bridgehead atoms. The van der Waals surface area contributed by atoms with Crippen LogP contribution in [0.3, 0.4) is 0 Å². The van der Waals surface area contributed by atoms with Crippen LogP contribution in [0.1, 0.15) is 46.5 Å². The van der Waals surface area contributed by atoms with Crippen molar-refractivity contribution in [3.8, 4) is 11.3 Å². The second-order valence-electron chi connectivity index (χ2n) is 7.49. The van der Waals surface area contributed by atoms with Crippen LogP contribution in [-0.2, 0) is 0 Å². The molecular weight excluding hydrogens is 380 g/mol. The molecule has 1 aliphatic rings. The zero-order chi connectivity index (χ0) is 20.7. The Hall–Kier alpha value is -3.68. The maximum atomic E-state index is 13.7. The summed E-state index contributed by atoms with van der Waals surface area (Å²) >= 11 is 0. The minimum absolute atomic E-state index is 0.0653. The summed E-state index contributed by atoms with van der Waals surface area (Å²) in [5.74, 6) is 0.995. The molecule has 4 aromatic rings. The lowest BCUT2D eigenvalue weighted by Crippen LogP contribution is -2.31. The lowest BCUT2D eigenvalue weighted by molar-refractivity contribution is 0.0712. The molecule has 1 aliphatic heterocycles. The standard InChI is InChI=1S/C22H20N6O2/c1-13-5-3-6-16-17(9-18(26-20(13)16)15-10-23-12-24-11-15)22(29)28-8-4-7-19(28)21-25-14(2)27-30-21/h3,5-6,9-12,19H,4,7-8H2,1-2H3/t19-/m0/s1. The maximum Gasteiger partial charge on any atom is 0.255 e. The van der Waals surface area contributed by atoms with Gasteiger partial charge < -0.3 is 9.42 Å². The monoisotopic (exact) mass is 400 g/mol. The van der Waals surface area contributed by atoms with Crippen LogP contribution in [0.2, 0.25) is 0 Å². The van der Waals surface area contributed by atoms with E-state index in [1.807, 2.05) is 36.1 Å². The molecule has 1 saturated heterocycles. The lowest BCUT2D eigenvalue weighted by atomic mass is 10.0. The van der Waals surface area contributed by atoms with Crippen molar-refractivity contribution >= 4 is 16.8 Å². The summed E-state index contributed by atoms with van der Waals surface area (Å²) in [6.45, 7) is 4.42. The first kappa shape index (κ1) is 18.4. The number of likely N-dealkylation sites (tertiary alicyclic amines) is 1. The fourth-order valence-electron chi connectivity index (χ4n) is 4.02. The summed E-state index contributed by atoms with van der Waals surface area (Å²) in [6, 6.07) is 7.50. The number of aryl methyl sites for hydroxylation is 2. The van der Waals surface area contributed by atoms with Gasteiger partial charge in [-0.25, -0.2) is 15.0 Å². The molecule has 0 aliphatic carbocycles. The minimum Gasteiger partial charge on any atom is -0.337 e. The van der Waals surface area contributed by atoms with E-state index in [1.165, 1.54) is 6.33 Å². The zero-order valence-corrected chi connectivity index (χ0v) is 16.7. The average molecular weight is 400 g/mol. The van der Waals surface area contributed by atoms with Crippen LogP contribution in [0.15, 0.2) is 47.5 Å². The number of carbonyl (C=O) groups excluding carboxylic acids is 1. The van der Waals surface area contributed by atoms with Crippen molar-refractivity contribution in [1.29, 1.82) is 0 Å². The van der Waals surface area contributed by atoms with Crippen LogP contribution < -0.4 is 0 Å². The number of pyridine rings is 1. The Labute approximate surface area is 173 Å². The second-order valence-corrected chi connectivity index (χ2v) is 7.49. The fraction of sp³-hybridized carbons (Fsp3) is 0.273. The summed E-state index contributed by atoms with van der Waals surface area (Å²) in [5, 5.41) is 4.72. The number of carbonyl (C=O) groups is 1. The first-order chi connectivity index (χ1) is 14.6. The van der Waals surface area contributed by atoms with Gasteiger partial charge in [-0.3, -0.25) is 4.79 Å². The van der Waals surface area contributed by atoms with Crippen molar-refractivity contribution in [3.05, 3.63) is 65.8 Å². The molecule has 8 heteroatoms. The number of hydrogen-bond acceptors (Lipinski definition) is 7. The molecule has 1 aromatic carbocycles. The van der Waals surface area contributed by atoms with E-state index >= 15 is 0 Å². The third-order valence-corrected chi connectivity index (χ3v) is 5.47. The van der Waals surface area contributed by atoms with Gasteiger partial charge in [-0.05, 0) is 38.3 Å². The van der Waals surface area contributed by atoms with Crippen LogP contribution in [0.5, 0.6) is 0 Å². The summed E-state index contributed by atoms with van der Waals surface area (Å²) in [6.07, 6.45) is 6.57. The molecule has 30 heavy (non-hydrogen) atoms. The highest BCUT2D eigenvalue weighted by Gasteiger charge is 2.35. The molecule has 1 fully saturated rings. The smallest absolute Gasteiger partial charge is 0.255 e. The van der Waals surface area contributed by atoms with Gasteiger partial charge in [0.15, 0.2) is 5.82 Å². The predicted octanol–water partition coefficient (Wildman–Crippen LogP) is 3.67. The number of rotatable bonds is 3. The number of benzene rings is 1. The molecule has 0 unspecified atom stereocenters. The van der Waals surface area contributed by atoms with E-state index in [9.17, 15) is 4.79 Å². The topological polar surface area (TPSA) is 97.9 Å². The Morgan fingerprint density at radius 2 is 2.00 bits per heavy atom. The van der Waals surface area contributed by atoms with E-state index < -0.39 is 0 Å². The minimum atomic E-state index is -0.213. The maximum absolute atomic E-state index is 13.7. The Kier molecular flexibility index (Phi) is 4.46. The highest BCUT2D eigenvalue weighted by Crippen LogP contribution is 2.34. The molecule has 0 radical (unpaired) electrons. The van der Waals surface area contributed by atoms with Crippen molar-refractivity contribution < 1.29 is 9.32 Å². The van der Waals surface area contributed by atoms with E-state index in [4.69, 9.17) is 9.51 Å².